The van der Waals surface area contributed by atoms with Gasteiger partial charge in [0.2, 0.25) is 10.0 Å². The Labute approximate surface area is 177 Å². The number of hydrogen-bond donors (Lipinski definition) is 1. The number of fused-ring (bicyclic) bond motifs is 3. The number of hydrogen-bond acceptors (Lipinski definition) is 6. The smallest absolute Gasteiger partial charge is 0.259 e. The van der Waals surface area contributed by atoms with Crippen molar-refractivity contribution < 1.29 is 8.42 Å². The Balaban J connectivity index is 1.52. The Kier molecular flexibility index (Phi) is 4.87. The minimum Gasteiger partial charge on any atom is -0.308 e. The van der Waals surface area contributed by atoms with Crippen LogP contribution in [0.3, 0.4) is 0 Å². The van der Waals surface area contributed by atoms with Crippen LogP contribution in [0.5, 0.6) is 0 Å². The summed E-state index contributed by atoms with van der Waals surface area (Å²) in [5, 5.41) is 0.663. The number of thiophene rings is 1. The summed E-state index contributed by atoms with van der Waals surface area (Å²) in [6.45, 7) is 1.00. The molecule has 8 nitrogen and oxygen atoms in total. The standard InChI is InChI=1S/C20H22N4O4S2/c25-17-8-7-13(30(27,28)24-9-3-4-10-24)11-23(17)12-16-21-19(26)18-14-5-1-2-6-15(14)29-20(18)22-16/h7-8,11H,1-6,9-10,12H2,(H,21,22,26). The average Bonchev–Trinajstić information content (AvgIpc) is 3.37. The molecule has 0 spiro atoms. The molecule has 1 aliphatic carbocycles. The number of H-pyrrole nitrogens is 1. The second kappa shape index (κ2) is 7.44. The monoisotopic (exact) mass is 446 g/mol. The van der Waals surface area contributed by atoms with Gasteiger partial charge < -0.3 is 9.55 Å². The van der Waals surface area contributed by atoms with Crippen molar-refractivity contribution in [2.24, 2.45) is 0 Å². The largest absolute Gasteiger partial charge is 0.308 e. The molecule has 0 atom stereocenters. The van der Waals surface area contributed by atoms with Crippen LogP contribution >= 0.6 is 11.3 Å². The zero-order chi connectivity index (χ0) is 20.9. The maximum atomic E-state index is 12.8. The number of sulfonamides is 1. The van der Waals surface area contributed by atoms with Crippen LogP contribution in [0.1, 0.15) is 41.9 Å². The first-order valence-electron chi connectivity index (χ1n) is 10.2. The highest BCUT2D eigenvalue weighted by Gasteiger charge is 2.28. The summed E-state index contributed by atoms with van der Waals surface area (Å²) in [6, 6.07) is 2.60. The quantitative estimate of drug-likeness (QED) is 0.659. The lowest BCUT2D eigenvalue weighted by atomic mass is 9.97. The van der Waals surface area contributed by atoms with Gasteiger partial charge in [-0.05, 0) is 50.2 Å². The van der Waals surface area contributed by atoms with Crippen LogP contribution in [0.2, 0.25) is 0 Å². The number of nitrogens with one attached hydrogen (secondary N) is 1. The van der Waals surface area contributed by atoms with Crippen molar-refractivity contribution in [3.8, 4) is 0 Å². The maximum absolute atomic E-state index is 12.8. The van der Waals surface area contributed by atoms with Gasteiger partial charge in [-0.25, -0.2) is 13.4 Å². The Morgan fingerprint density at radius 3 is 2.63 bits per heavy atom. The first kappa shape index (κ1) is 19.7. The highest BCUT2D eigenvalue weighted by Crippen LogP contribution is 2.33. The lowest BCUT2D eigenvalue weighted by molar-refractivity contribution is 0.476. The molecule has 30 heavy (non-hydrogen) atoms. The van der Waals surface area contributed by atoms with E-state index >= 15 is 0 Å². The summed E-state index contributed by atoms with van der Waals surface area (Å²) in [5.41, 5.74) is 0.573. The van der Waals surface area contributed by atoms with Gasteiger partial charge >= 0.3 is 0 Å². The second-order valence-electron chi connectivity index (χ2n) is 7.85. The van der Waals surface area contributed by atoms with Gasteiger partial charge in [-0.15, -0.1) is 11.3 Å². The molecule has 0 amide bonds. The molecule has 2 aliphatic rings. The molecule has 1 saturated heterocycles. The zero-order valence-electron chi connectivity index (χ0n) is 16.4. The molecule has 5 rings (SSSR count). The summed E-state index contributed by atoms with van der Waals surface area (Å²) >= 11 is 1.55. The third-order valence-electron chi connectivity index (χ3n) is 5.85. The molecule has 0 saturated carbocycles. The van der Waals surface area contributed by atoms with Crippen molar-refractivity contribution in [1.82, 2.24) is 18.8 Å². The first-order valence-corrected chi connectivity index (χ1v) is 12.4. The number of aromatic nitrogens is 3. The molecule has 1 fully saturated rings. The van der Waals surface area contributed by atoms with Crippen molar-refractivity contribution in [3.63, 3.8) is 0 Å². The molecular weight excluding hydrogens is 424 g/mol. The van der Waals surface area contributed by atoms with Crippen LogP contribution < -0.4 is 11.1 Å². The summed E-state index contributed by atoms with van der Waals surface area (Å²) in [5.74, 6) is 0.351. The first-order chi connectivity index (χ1) is 14.4. The van der Waals surface area contributed by atoms with Gasteiger partial charge in [0, 0.05) is 30.2 Å². The summed E-state index contributed by atoms with van der Waals surface area (Å²) in [6.07, 6.45) is 7.10. The van der Waals surface area contributed by atoms with Crippen molar-refractivity contribution >= 4 is 31.6 Å². The van der Waals surface area contributed by atoms with Crippen LogP contribution in [0.4, 0.5) is 0 Å². The molecule has 0 radical (unpaired) electrons. The van der Waals surface area contributed by atoms with Crippen molar-refractivity contribution in [2.45, 2.75) is 50.0 Å². The summed E-state index contributed by atoms with van der Waals surface area (Å²) < 4.78 is 28.4. The molecule has 158 valence electrons. The molecule has 4 heterocycles. The fourth-order valence-corrected chi connectivity index (χ4v) is 7.13. The van der Waals surface area contributed by atoms with E-state index in [1.165, 1.54) is 32.1 Å². The highest BCUT2D eigenvalue weighted by molar-refractivity contribution is 7.89. The van der Waals surface area contributed by atoms with Gasteiger partial charge in [-0.2, -0.15) is 4.31 Å². The highest BCUT2D eigenvalue weighted by atomic mass is 32.2. The van der Waals surface area contributed by atoms with E-state index in [1.54, 1.807) is 11.3 Å². The Morgan fingerprint density at radius 2 is 1.83 bits per heavy atom. The fourth-order valence-electron chi connectivity index (χ4n) is 4.31. The van der Waals surface area contributed by atoms with Crippen molar-refractivity contribution in [1.29, 1.82) is 0 Å². The SMILES string of the molecule is O=c1[nH]c(Cn2cc(S(=O)(=O)N3CCCC3)ccc2=O)nc2sc3c(c12)CCCC3. The van der Waals surface area contributed by atoms with Gasteiger partial charge in [0.05, 0.1) is 16.8 Å². The molecule has 1 aliphatic heterocycles. The van der Waals surface area contributed by atoms with E-state index < -0.39 is 10.0 Å². The fraction of sp³-hybridized carbons (Fsp3) is 0.450. The number of nitrogens with zero attached hydrogens (tertiary/aromatic N) is 3. The molecule has 3 aromatic rings. The lowest BCUT2D eigenvalue weighted by Crippen LogP contribution is -2.30. The van der Waals surface area contributed by atoms with Gasteiger partial charge in [0.15, 0.2) is 0 Å². The van der Waals surface area contributed by atoms with Gasteiger partial charge in [-0.1, -0.05) is 0 Å². The van der Waals surface area contributed by atoms with Crippen LogP contribution in [-0.4, -0.2) is 40.3 Å². The molecule has 1 N–H and O–H groups in total. The van der Waals surface area contributed by atoms with E-state index in [4.69, 9.17) is 0 Å². The van der Waals surface area contributed by atoms with E-state index in [2.05, 4.69) is 9.97 Å². The van der Waals surface area contributed by atoms with E-state index in [-0.39, 0.29) is 22.6 Å². The van der Waals surface area contributed by atoms with Crippen LogP contribution in [0.15, 0.2) is 32.8 Å². The van der Waals surface area contributed by atoms with Crippen molar-refractivity contribution in [3.05, 3.63) is 55.3 Å². The minimum atomic E-state index is -3.63. The Bertz CT molecular complexity index is 1350. The number of pyridine rings is 1. The number of aromatic amines is 1. The van der Waals surface area contributed by atoms with E-state index in [1.807, 2.05) is 0 Å². The molecule has 0 aromatic carbocycles. The molecule has 10 heteroatoms. The molecule has 3 aromatic heterocycles. The Hall–Kier alpha value is -2.30. The third-order valence-corrected chi connectivity index (χ3v) is 8.92. The Morgan fingerprint density at radius 1 is 1.07 bits per heavy atom. The van der Waals surface area contributed by atoms with Gasteiger partial charge in [0.1, 0.15) is 10.7 Å². The number of aryl methyl sites for hydroxylation is 2. The topological polar surface area (TPSA) is 105 Å². The summed E-state index contributed by atoms with van der Waals surface area (Å²) in [4.78, 5) is 34.5. The zero-order valence-corrected chi connectivity index (χ0v) is 18.0. The average molecular weight is 447 g/mol. The minimum absolute atomic E-state index is 0.00986. The predicted molar refractivity (Wildman–Crippen MR) is 115 cm³/mol. The van der Waals surface area contributed by atoms with Crippen LogP contribution in [0, 0.1) is 0 Å². The molecule has 0 bridgehead atoms. The normalized spacial score (nSPS) is 17.5. The van der Waals surface area contributed by atoms with Gasteiger partial charge in [0.25, 0.3) is 11.1 Å². The third kappa shape index (κ3) is 3.32. The lowest BCUT2D eigenvalue weighted by Gasteiger charge is -2.16. The van der Waals surface area contributed by atoms with Crippen LogP contribution in [0.25, 0.3) is 10.2 Å². The van der Waals surface area contributed by atoms with Crippen LogP contribution in [-0.2, 0) is 29.4 Å². The van der Waals surface area contributed by atoms with Gasteiger partial charge in [-0.3, -0.25) is 9.59 Å². The molecular formula is C20H22N4O4S2. The maximum Gasteiger partial charge on any atom is 0.259 e. The van der Waals surface area contributed by atoms with E-state index in [0.29, 0.717) is 29.1 Å². The second-order valence-corrected chi connectivity index (χ2v) is 10.9. The molecule has 0 unspecified atom stereocenters. The predicted octanol–water partition coefficient (Wildman–Crippen LogP) is 1.86. The van der Waals surface area contributed by atoms with Crippen molar-refractivity contribution in [2.75, 3.05) is 13.1 Å². The summed E-state index contributed by atoms with van der Waals surface area (Å²) in [7, 11) is -3.63. The van der Waals surface area contributed by atoms with E-state index in [0.717, 1.165) is 44.1 Å². The number of rotatable bonds is 4. The van der Waals surface area contributed by atoms with E-state index in [9.17, 15) is 18.0 Å².